The first-order valence-electron chi connectivity index (χ1n) is 7.92. The van der Waals surface area contributed by atoms with Gasteiger partial charge in [-0.1, -0.05) is 0 Å². The van der Waals surface area contributed by atoms with Crippen molar-refractivity contribution in [1.29, 1.82) is 0 Å². The average Bonchev–Trinajstić information content (AvgIpc) is 2.59. The number of hydrogen-bond donors (Lipinski definition) is 0. The highest BCUT2D eigenvalue weighted by Gasteiger charge is 2.38. The highest BCUT2D eigenvalue weighted by molar-refractivity contribution is 9.13. The number of aromatic nitrogens is 2. The first kappa shape index (κ1) is 16.8. The highest BCUT2D eigenvalue weighted by atomic mass is 79.9. The number of fused-ring (bicyclic) bond motifs is 3. The van der Waals surface area contributed by atoms with E-state index in [2.05, 4.69) is 62.7 Å². The summed E-state index contributed by atoms with van der Waals surface area (Å²) in [4.78, 5) is 12.0. The lowest BCUT2D eigenvalue weighted by atomic mass is 9.77. The van der Waals surface area contributed by atoms with Crippen LogP contribution in [0.1, 0.15) is 25.1 Å². The summed E-state index contributed by atoms with van der Waals surface area (Å²) in [5.41, 5.74) is 4.76. The van der Waals surface area contributed by atoms with Crippen molar-refractivity contribution in [3.8, 4) is 5.75 Å². The zero-order valence-corrected chi connectivity index (χ0v) is 17.6. The number of anilines is 2. The molecule has 0 bridgehead atoms. The van der Waals surface area contributed by atoms with E-state index in [1.807, 2.05) is 25.2 Å². The van der Waals surface area contributed by atoms with Gasteiger partial charge >= 0.3 is 0 Å². The van der Waals surface area contributed by atoms with E-state index in [9.17, 15) is 0 Å². The first-order valence-corrected chi connectivity index (χ1v) is 9.51. The normalized spacial score (nSPS) is 15.0. The van der Waals surface area contributed by atoms with E-state index in [0.29, 0.717) is 0 Å². The topological polar surface area (TPSA) is 38.3 Å². The van der Waals surface area contributed by atoms with Crippen LogP contribution in [0, 0.1) is 0 Å². The Morgan fingerprint density at radius 1 is 1.00 bits per heavy atom. The molecular formula is C19H17Br2N3O. The molecule has 3 aromatic rings. The van der Waals surface area contributed by atoms with Gasteiger partial charge in [0.05, 0.1) is 23.8 Å². The van der Waals surface area contributed by atoms with Gasteiger partial charge in [0.15, 0.2) is 5.82 Å². The molecule has 2 aromatic carbocycles. The molecule has 0 atom stereocenters. The van der Waals surface area contributed by atoms with Gasteiger partial charge in [-0.15, -0.1) is 0 Å². The molecule has 6 heteroatoms. The Hall–Kier alpha value is -1.66. The molecule has 0 fully saturated rings. The molecular weight excluding hydrogens is 446 g/mol. The fourth-order valence-corrected chi connectivity index (χ4v) is 4.03. The number of benzene rings is 2. The van der Waals surface area contributed by atoms with Gasteiger partial charge in [0, 0.05) is 27.1 Å². The maximum Gasteiger partial charge on any atom is 0.156 e. The summed E-state index contributed by atoms with van der Waals surface area (Å²) in [7, 11) is 3.73. The molecule has 0 amide bonds. The Labute approximate surface area is 163 Å². The number of hydrogen-bond acceptors (Lipinski definition) is 4. The maximum absolute atomic E-state index is 5.43. The number of rotatable bonds is 1. The van der Waals surface area contributed by atoms with E-state index in [-0.39, 0.29) is 5.41 Å². The van der Waals surface area contributed by atoms with Gasteiger partial charge < -0.3 is 9.64 Å². The standard InChI is InChI=1S/C19H17Br2N3O/c1-19(2)11-7-10(25-4)5-6-16(11)24(3)18-17(19)22-14-8-12(20)13(21)9-15(14)23-18/h5-9H,1-4H3. The van der Waals surface area contributed by atoms with Gasteiger partial charge in [-0.25, -0.2) is 9.97 Å². The average molecular weight is 463 g/mol. The summed E-state index contributed by atoms with van der Waals surface area (Å²) in [6.07, 6.45) is 0. The number of ether oxygens (including phenoxy) is 1. The lowest BCUT2D eigenvalue weighted by Crippen LogP contribution is -2.32. The quantitative estimate of drug-likeness (QED) is 0.473. The molecule has 0 spiro atoms. The predicted molar refractivity (Wildman–Crippen MR) is 108 cm³/mol. The maximum atomic E-state index is 5.43. The van der Waals surface area contributed by atoms with E-state index in [0.717, 1.165) is 42.9 Å². The lowest BCUT2D eigenvalue weighted by molar-refractivity contribution is 0.413. The molecule has 0 saturated heterocycles. The smallest absolute Gasteiger partial charge is 0.156 e. The first-order chi connectivity index (χ1) is 11.8. The zero-order valence-electron chi connectivity index (χ0n) is 14.4. The fraction of sp³-hybridized carbons (Fsp3) is 0.263. The number of nitrogens with zero attached hydrogens (tertiary/aromatic N) is 3. The van der Waals surface area contributed by atoms with Gasteiger partial charge in [0.1, 0.15) is 5.75 Å². The third-order valence-corrected chi connectivity index (χ3v) is 6.68. The van der Waals surface area contributed by atoms with Gasteiger partial charge in [-0.2, -0.15) is 0 Å². The molecule has 0 unspecified atom stereocenters. The van der Waals surface area contributed by atoms with E-state index in [4.69, 9.17) is 14.7 Å². The minimum atomic E-state index is -0.271. The lowest BCUT2D eigenvalue weighted by Gasteiger charge is -2.38. The molecule has 128 valence electrons. The van der Waals surface area contributed by atoms with Crippen LogP contribution in [0.5, 0.6) is 5.75 Å². The Morgan fingerprint density at radius 3 is 2.28 bits per heavy atom. The summed E-state index contributed by atoms with van der Waals surface area (Å²) >= 11 is 7.11. The summed E-state index contributed by atoms with van der Waals surface area (Å²) in [6.45, 7) is 4.37. The molecule has 2 heterocycles. The molecule has 1 aliphatic rings. The Balaban J connectivity index is 2.02. The number of methoxy groups -OCH3 is 1. The molecule has 25 heavy (non-hydrogen) atoms. The molecule has 0 aliphatic carbocycles. The molecule has 0 saturated carbocycles. The van der Waals surface area contributed by atoms with Crippen LogP contribution in [0.3, 0.4) is 0 Å². The molecule has 4 nitrogen and oxygen atoms in total. The van der Waals surface area contributed by atoms with Crippen LogP contribution >= 0.6 is 31.9 Å². The van der Waals surface area contributed by atoms with E-state index >= 15 is 0 Å². The van der Waals surface area contributed by atoms with Crippen LogP contribution in [0.2, 0.25) is 0 Å². The molecule has 0 radical (unpaired) electrons. The summed E-state index contributed by atoms with van der Waals surface area (Å²) < 4.78 is 7.37. The Kier molecular flexibility index (Phi) is 3.81. The predicted octanol–water partition coefficient (Wildman–Crippen LogP) is 5.57. The third-order valence-electron chi connectivity index (χ3n) is 4.84. The van der Waals surface area contributed by atoms with Gasteiger partial charge in [-0.05, 0) is 81.6 Å². The second-order valence-electron chi connectivity index (χ2n) is 6.72. The monoisotopic (exact) mass is 461 g/mol. The van der Waals surface area contributed by atoms with E-state index in [1.54, 1.807) is 7.11 Å². The van der Waals surface area contributed by atoms with Crippen molar-refractivity contribution in [1.82, 2.24) is 9.97 Å². The second kappa shape index (κ2) is 5.68. The van der Waals surface area contributed by atoms with Crippen molar-refractivity contribution in [3.05, 3.63) is 50.5 Å². The van der Waals surface area contributed by atoms with Gasteiger partial charge in [0.25, 0.3) is 0 Å². The molecule has 0 N–H and O–H groups in total. The molecule has 1 aliphatic heterocycles. The van der Waals surface area contributed by atoms with Crippen molar-refractivity contribution >= 4 is 54.4 Å². The second-order valence-corrected chi connectivity index (χ2v) is 8.43. The minimum Gasteiger partial charge on any atom is -0.497 e. The third kappa shape index (κ3) is 2.46. The van der Waals surface area contributed by atoms with Crippen LogP contribution in [-0.4, -0.2) is 24.1 Å². The van der Waals surface area contributed by atoms with Crippen LogP contribution in [0.15, 0.2) is 39.3 Å². The van der Waals surface area contributed by atoms with Gasteiger partial charge in [0.2, 0.25) is 0 Å². The van der Waals surface area contributed by atoms with Crippen molar-refractivity contribution < 1.29 is 4.74 Å². The van der Waals surface area contributed by atoms with Crippen LogP contribution in [0.25, 0.3) is 11.0 Å². The Morgan fingerprint density at radius 2 is 1.64 bits per heavy atom. The van der Waals surface area contributed by atoms with E-state index in [1.165, 1.54) is 5.56 Å². The number of halogens is 2. The van der Waals surface area contributed by atoms with Crippen molar-refractivity contribution in [2.75, 3.05) is 19.1 Å². The van der Waals surface area contributed by atoms with Crippen LogP contribution in [0.4, 0.5) is 11.5 Å². The SMILES string of the molecule is COc1ccc2c(c1)C(C)(C)c1nc3cc(Br)c(Br)cc3nc1N2C. The summed E-state index contributed by atoms with van der Waals surface area (Å²) in [5, 5.41) is 0. The zero-order chi connectivity index (χ0) is 17.9. The van der Waals surface area contributed by atoms with Crippen molar-refractivity contribution in [3.63, 3.8) is 0 Å². The van der Waals surface area contributed by atoms with Crippen LogP contribution < -0.4 is 9.64 Å². The molecule has 1 aromatic heterocycles. The van der Waals surface area contributed by atoms with Crippen LogP contribution in [-0.2, 0) is 5.41 Å². The summed E-state index contributed by atoms with van der Waals surface area (Å²) in [6, 6.07) is 10.2. The van der Waals surface area contributed by atoms with Crippen molar-refractivity contribution in [2.24, 2.45) is 0 Å². The fourth-order valence-electron chi connectivity index (χ4n) is 3.37. The Bertz CT molecular complexity index is 1020. The highest BCUT2D eigenvalue weighted by Crippen LogP contribution is 2.48. The van der Waals surface area contributed by atoms with E-state index < -0.39 is 0 Å². The molecule has 4 rings (SSSR count). The van der Waals surface area contributed by atoms with Gasteiger partial charge in [-0.3, -0.25) is 0 Å². The minimum absolute atomic E-state index is 0.271. The largest absolute Gasteiger partial charge is 0.497 e. The summed E-state index contributed by atoms with van der Waals surface area (Å²) in [5.74, 6) is 1.74. The van der Waals surface area contributed by atoms with Crippen molar-refractivity contribution in [2.45, 2.75) is 19.3 Å².